The fraction of sp³-hybridized carbons (Fsp3) is 0.381. The van der Waals surface area contributed by atoms with Gasteiger partial charge in [0.15, 0.2) is 6.61 Å². The highest BCUT2D eigenvalue weighted by molar-refractivity contribution is 7.89. The van der Waals surface area contributed by atoms with Crippen LogP contribution in [-0.2, 0) is 14.8 Å². The lowest BCUT2D eigenvalue weighted by Gasteiger charge is -2.35. The molecule has 1 aliphatic rings. The Bertz CT molecular complexity index is 915. The summed E-state index contributed by atoms with van der Waals surface area (Å²) in [6, 6.07) is 15.3. The number of sulfonamides is 1. The normalized spacial score (nSPS) is 15.0. The Balaban J connectivity index is 1.34. The Kier molecular flexibility index (Phi) is 7.64. The lowest BCUT2D eigenvalue weighted by molar-refractivity contribution is -0.123. The third-order valence-electron chi connectivity index (χ3n) is 4.84. The number of amides is 1. The van der Waals surface area contributed by atoms with Gasteiger partial charge in [-0.3, -0.25) is 4.79 Å². The summed E-state index contributed by atoms with van der Waals surface area (Å²) in [5.74, 6) is -0.358. The van der Waals surface area contributed by atoms with Crippen molar-refractivity contribution in [2.24, 2.45) is 0 Å². The van der Waals surface area contributed by atoms with Crippen LogP contribution in [0.1, 0.15) is 6.42 Å². The summed E-state index contributed by atoms with van der Waals surface area (Å²) in [7, 11) is -3.36. The number of nitrogens with one attached hydrogen (secondary N) is 1. The first-order valence-corrected chi connectivity index (χ1v) is 11.5. The van der Waals surface area contributed by atoms with Crippen LogP contribution >= 0.6 is 0 Å². The molecule has 3 rings (SSSR count). The third kappa shape index (κ3) is 6.43. The van der Waals surface area contributed by atoms with Crippen molar-refractivity contribution in [2.75, 3.05) is 50.0 Å². The summed E-state index contributed by atoms with van der Waals surface area (Å²) < 4.78 is 44.7. The molecule has 0 aromatic heterocycles. The van der Waals surface area contributed by atoms with E-state index in [1.165, 1.54) is 28.6 Å². The number of nitrogens with zero attached hydrogens (tertiary/aromatic N) is 2. The molecule has 1 aliphatic heterocycles. The van der Waals surface area contributed by atoms with Gasteiger partial charge in [-0.2, -0.15) is 4.31 Å². The van der Waals surface area contributed by atoms with Crippen molar-refractivity contribution in [1.82, 2.24) is 9.62 Å². The van der Waals surface area contributed by atoms with Gasteiger partial charge >= 0.3 is 0 Å². The second kappa shape index (κ2) is 10.4. The van der Waals surface area contributed by atoms with Crippen molar-refractivity contribution in [1.29, 1.82) is 0 Å². The van der Waals surface area contributed by atoms with Gasteiger partial charge in [-0.15, -0.1) is 0 Å². The van der Waals surface area contributed by atoms with E-state index in [1.807, 2.05) is 30.3 Å². The van der Waals surface area contributed by atoms with Crippen molar-refractivity contribution in [2.45, 2.75) is 6.42 Å². The largest absolute Gasteiger partial charge is 0.484 e. The standard InChI is InChI=1S/C21H26FN3O4S/c22-18-7-9-20(10-8-18)29-17-21(26)23-11-4-16-30(27,28)25-14-12-24(13-15-25)19-5-2-1-3-6-19/h1-3,5-10H,4,11-17H2,(H,23,26). The summed E-state index contributed by atoms with van der Waals surface area (Å²) in [6.07, 6.45) is 0.323. The Hall–Kier alpha value is -2.65. The van der Waals surface area contributed by atoms with E-state index in [-0.39, 0.29) is 30.6 Å². The van der Waals surface area contributed by atoms with Crippen molar-refractivity contribution < 1.29 is 22.3 Å². The fourth-order valence-corrected chi connectivity index (χ4v) is 4.69. The number of carbonyl (C=O) groups is 1. The van der Waals surface area contributed by atoms with Gasteiger partial charge in [0.05, 0.1) is 5.75 Å². The molecule has 0 unspecified atom stereocenters. The molecule has 0 atom stereocenters. The number of hydrogen-bond acceptors (Lipinski definition) is 5. The lowest BCUT2D eigenvalue weighted by Crippen LogP contribution is -2.49. The summed E-state index contributed by atoms with van der Waals surface area (Å²) >= 11 is 0. The van der Waals surface area contributed by atoms with Gasteiger partial charge in [0, 0.05) is 38.4 Å². The molecule has 0 saturated carbocycles. The number of benzene rings is 2. The van der Waals surface area contributed by atoms with E-state index in [0.717, 1.165) is 5.69 Å². The summed E-state index contributed by atoms with van der Waals surface area (Å²) in [5, 5.41) is 2.64. The molecule has 0 radical (unpaired) electrons. The van der Waals surface area contributed by atoms with Gasteiger partial charge in [-0.1, -0.05) is 18.2 Å². The second-order valence-electron chi connectivity index (χ2n) is 6.98. The van der Waals surface area contributed by atoms with E-state index in [9.17, 15) is 17.6 Å². The molecule has 1 heterocycles. The molecule has 1 fully saturated rings. The molecule has 0 aliphatic carbocycles. The van der Waals surface area contributed by atoms with Crippen molar-refractivity contribution in [3.05, 3.63) is 60.4 Å². The molecular weight excluding hydrogens is 409 g/mol. The number of anilines is 1. The van der Waals surface area contributed by atoms with Gasteiger partial charge in [0.2, 0.25) is 10.0 Å². The highest BCUT2D eigenvalue weighted by Crippen LogP contribution is 2.17. The van der Waals surface area contributed by atoms with Crippen LogP contribution in [-0.4, -0.2) is 63.7 Å². The molecule has 9 heteroatoms. The highest BCUT2D eigenvalue weighted by Gasteiger charge is 2.26. The minimum absolute atomic E-state index is 0.0164. The molecule has 2 aromatic rings. The minimum atomic E-state index is -3.36. The van der Waals surface area contributed by atoms with E-state index in [1.54, 1.807) is 0 Å². The predicted octanol–water partition coefficient (Wildman–Crippen LogP) is 1.86. The number of para-hydroxylation sites is 1. The molecule has 1 N–H and O–H groups in total. The number of carbonyl (C=O) groups excluding carboxylic acids is 1. The zero-order chi connectivity index (χ0) is 21.4. The number of halogens is 1. The molecular formula is C21H26FN3O4S. The van der Waals surface area contributed by atoms with Gasteiger partial charge in [-0.25, -0.2) is 12.8 Å². The maximum atomic E-state index is 12.8. The Labute approximate surface area is 176 Å². The van der Waals surface area contributed by atoms with Crippen LogP contribution in [0.25, 0.3) is 0 Å². The summed E-state index contributed by atoms with van der Waals surface area (Å²) in [5.41, 5.74) is 1.10. The predicted molar refractivity (Wildman–Crippen MR) is 114 cm³/mol. The number of rotatable bonds is 9. The molecule has 2 aromatic carbocycles. The molecule has 7 nitrogen and oxygen atoms in total. The van der Waals surface area contributed by atoms with Gasteiger partial charge in [-0.05, 0) is 42.8 Å². The van der Waals surface area contributed by atoms with Crippen LogP contribution in [0.4, 0.5) is 10.1 Å². The molecule has 162 valence electrons. The average Bonchev–Trinajstić information content (AvgIpc) is 2.77. The van der Waals surface area contributed by atoms with Crippen LogP contribution < -0.4 is 15.0 Å². The number of piperazine rings is 1. The summed E-state index contributed by atoms with van der Waals surface area (Å²) in [6.45, 7) is 2.25. The van der Waals surface area contributed by atoms with Crippen LogP contribution in [0.2, 0.25) is 0 Å². The van der Waals surface area contributed by atoms with E-state index in [0.29, 0.717) is 38.3 Å². The lowest BCUT2D eigenvalue weighted by atomic mass is 10.2. The maximum absolute atomic E-state index is 12.8. The SMILES string of the molecule is O=C(COc1ccc(F)cc1)NCCCS(=O)(=O)N1CCN(c2ccccc2)CC1. The Morgan fingerprint density at radius 3 is 2.33 bits per heavy atom. The highest BCUT2D eigenvalue weighted by atomic mass is 32.2. The van der Waals surface area contributed by atoms with Gasteiger partial charge < -0.3 is 15.0 Å². The van der Waals surface area contributed by atoms with E-state index >= 15 is 0 Å². The molecule has 30 heavy (non-hydrogen) atoms. The van der Waals surface area contributed by atoms with Crippen molar-refractivity contribution in [3.8, 4) is 5.75 Å². The first-order chi connectivity index (χ1) is 14.4. The van der Waals surface area contributed by atoms with E-state index < -0.39 is 10.0 Å². The minimum Gasteiger partial charge on any atom is -0.484 e. The van der Waals surface area contributed by atoms with E-state index in [4.69, 9.17) is 4.74 Å². The fourth-order valence-electron chi connectivity index (χ4n) is 3.21. The Morgan fingerprint density at radius 1 is 1.00 bits per heavy atom. The summed E-state index contributed by atoms with van der Waals surface area (Å²) in [4.78, 5) is 14.0. The quantitative estimate of drug-likeness (QED) is 0.609. The van der Waals surface area contributed by atoms with Crippen LogP contribution in [0.5, 0.6) is 5.75 Å². The Morgan fingerprint density at radius 2 is 1.67 bits per heavy atom. The average molecular weight is 436 g/mol. The molecule has 0 bridgehead atoms. The van der Waals surface area contributed by atoms with Crippen LogP contribution in [0.3, 0.4) is 0 Å². The van der Waals surface area contributed by atoms with Crippen LogP contribution in [0.15, 0.2) is 54.6 Å². The van der Waals surface area contributed by atoms with Gasteiger partial charge in [0.1, 0.15) is 11.6 Å². The third-order valence-corrected chi connectivity index (χ3v) is 6.79. The smallest absolute Gasteiger partial charge is 0.257 e. The van der Waals surface area contributed by atoms with Gasteiger partial charge in [0.25, 0.3) is 5.91 Å². The van der Waals surface area contributed by atoms with Crippen molar-refractivity contribution >= 4 is 21.6 Å². The van der Waals surface area contributed by atoms with Crippen molar-refractivity contribution in [3.63, 3.8) is 0 Å². The molecule has 0 spiro atoms. The monoisotopic (exact) mass is 435 g/mol. The van der Waals surface area contributed by atoms with E-state index in [2.05, 4.69) is 10.2 Å². The molecule has 1 amide bonds. The van der Waals surface area contributed by atoms with Crippen LogP contribution in [0, 0.1) is 5.82 Å². The topological polar surface area (TPSA) is 78.9 Å². The number of ether oxygens (including phenoxy) is 1. The number of hydrogen-bond donors (Lipinski definition) is 1. The first-order valence-electron chi connectivity index (χ1n) is 9.87. The zero-order valence-corrected chi connectivity index (χ0v) is 17.5. The zero-order valence-electron chi connectivity index (χ0n) is 16.7. The maximum Gasteiger partial charge on any atom is 0.257 e. The molecule has 1 saturated heterocycles. The second-order valence-corrected chi connectivity index (χ2v) is 9.07. The first kappa shape index (κ1) is 22.0.